The van der Waals surface area contributed by atoms with Crippen LogP contribution in [0.5, 0.6) is 0 Å². The van der Waals surface area contributed by atoms with Gasteiger partial charge in [-0.25, -0.2) is 0 Å². The summed E-state index contributed by atoms with van der Waals surface area (Å²) in [6.07, 6.45) is 29.5. The van der Waals surface area contributed by atoms with Gasteiger partial charge in [-0.1, -0.05) is 129 Å². The molecule has 0 aliphatic carbocycles. The molecular formula is C36H73NO5. The lowest BCUT2D eigenvalue weighted by Gasteiger charge is -2.21. The van der Waals surface area contributed by atoms with Crippen molar-refractivity contribution in [2.75, 3.05) is 39.5 Å². The highest BCUT2D eigenvalue weighted by Gasteiger charge is 2.07. The quantitative estimate of drug-likeness (QED) is 0.0429. The van der Waals surface area contributed by atoms with E-state index in [-0.39, 0.29) is 12.6 Å². The maximum absolute atomic E-state index is 11.9. The summed E-state index contributed by atoms with van der Waals surface area (Å²) in [5.41, 5.74) is 0. The Morgan fingerprint density at radius 1 is 0.571 bits per heavy atom. The van der Waals surface area contributed by atoms with E-state index >= 15 is 0 Å². The van der Waals surface area contributed by atoms with E-state index in [1.54, 1.807) is 0 Å². The molecule has 6 nitrogen and oxygen atoms in total. The number of carbonyl (C=O) groups is 1. The number of hydrogen-bond donors (Lipinski definition) is 2. The van der Waals surface area contributed by atoms with Crippen LogP contribution >= 0.6 is 0 Å². The third-order valence-electron chi connectivity index (χ3n) is 8.27. The lowest BCUT2D eigenvalue weighted by molar-refractivity contribution is -0.143. The summed E-state index contributed by atoms with van der Waals surface area (Å²) in [6, 6.07) is 0. The molecule has 0 aromatic rings. The zero-order valence-electron chi connectivity index (χ0n) is 28.3. The molecule has 0 saturated heterocycles. The molecule has 252 valence electrons. The SMILES string of the molecule is CCCCCCCCCOC(=O)CCCCCCCN(CCO)CCCCCCCC(O)OCCCCCCCCC. The van der Waals surface area contributed by atoms with Crippen molar-refractivity contribution in [3.8, 4) is 0 Å². The van der Waals surface area contributed by atoms with Gasteiger partial charge >= 0.3 is 5.97 Å². The van der Waals surface area contributed by atoms with Crippen LogP contribution in [0, 0.1) is 0 Å². The third kappa shape index (κ3) is 32.2. The molecule has 0 amide bonds. The van der Waals surface area contributed by atoms with Gasteiger partial charge in [-0.15, -0.1) is 0 Å². The zero-order valence-corrected chi connectivity index (χ0v) is 28.3. The van der Waals surface area contributed by atoms with E-state index < -0.39 is 6.29 Å². The molecule has 42 heavy (non-hydrogen) atoms. The summed E-state index contributed by atoms with van der Waals surface area (Å²) >= 11 is 0. The predicted molar refractivity (Wildman–Crippen MR) is 178 cm³/mol. The molecule has 0 aliphatic rings. The number of aliphatic hydroxyl groups excluding tert-OH is 2. The van der Waals surface area contributed by atoms with Crippen molar-refractivity contribution in [2.45, 2.75) is 187 Å². The summed E-state index contributed by atoms with van der Waals surface area (Å²) in [5.74, 6) is -0.0292. The van der Waals surface area contributed by atoms with E-state index in [1.807, 2.05) is 0 Å². The second kappa shape index (κ2) is 34.8. The maximum atomic E-state index is 11.9. The van der Waals surface area contributed by atoms with E-state index in [0.29, 0.717) is 19.6 Å². The molecule has 0 aromatic heterocycles. The summed E-state index contributed by atoms with van der Waals surface area (Å²) in [5, 5.41) is 19.5. The fourth-order valence-electron chi connectivity index (χ4n) is 5.48. The monoisotopic (exact) mass is 600 g/mol. The topological polar surface area (TPSA) is 79.2 Å². The summed E-state index contributed by atoms with van der Waals surface area (Å²) in [4.78, 5) is 14.3. The first-order chi connectivity index (χ1) is 20.6. The van der Waals surface area contributed by atoms with Crippen LogP contribution in [0.25, 0.3) is 0 Å². The van der Waals surface area contributed by atoms with Gasteiger partial charge in [0.15, 0.2) is 6.29 Å². The van der Waals surface area contributed by atoms with Gasteiger partial charge in [0.1, 0.15) is 0 Å². The first-order valence-corrected chi connectivity index (χ1v) is 18.4. The Balaban J connectivity index is 3.54. The van der Waals surface area contributed by atoms with Crippen LogP contribution in [0.4, 0.5) is 0 Å². The highest BCUT2D eigenvalue weighted by atomic mass is 16.6. The van der Waals surface area contributed by atoms with Crippen molar-refractivity contribution in [1.82, 2.24) is 4.90 Å². The second-order valence-electron chi connectivity index (χ2n) is 12.4. The van der Waals surface area contributed by atoms with Gasteiger partial charge in [-0.3, -0.25) is 4.79 Å². The van der Waals surface area contributed by atoms with Gasteiger partial charge in [-0.05, 0) is 58.0 Å². The average molecular weight is 600 g/mol. The first kappa shape index (κ1) is 41.3. The van der Waals surface area contributed by atoms with Crippen LogP contribution in [0.15, 0.2) is 0 Å². The molecule has 0 spiro atoms. The van der Waals surface area contributed by atoms with Crippen LogP contribution in [0.2, 0.25) is 0 Å². The molecule has 0 aliphatic heterocycles. The number of nitrogens with zero attached hydrogens (tertiary/aromatic N) is 1. The van der Waals surface area contributed by atoms with Gasteiger partial charge in [0.05, 0.1) is 13.2 Å². The maximum Gasteiger partial charge on any atom is 0.305 e. The van der Waals surface area contributed by atoms with E-state index in [1.165, 1.54) is 96.3 Å². The molecule has 0 saturated carbocycles. The number of carbonyl (C=O) groups excluding carboxylic acids is 1. The number of rotatable bonds is 35. The lowest BCUT2D eigenvalue weighted by atomic mass is 10.1. The highest BCUT2D eigenvalue weighted by Crippen LogP contribution is 2.12. The van der Waals surface area contributed by atoms with Crippen LogP contribution in [-0.4, -0.2) is 66.8 Å². The Kier molecular flexibility index (Phi) is 34.2. The Hall–Kier alpha value is -0.690. The summed E-state index contributed by atoms with van der Waals surface area (Å²) < 4.78 is 11.0. The van der Waals surface area contributed by atoms with Crippen molar-refractivity contribution in [2.24, 2.45) is 0 Å². The lowest BCUT2D eigenvalue weighted by Crippen LogP contribution is -2.29. The Morgan fingerprint density at radius 2 is 1.02 bits per heavy atom. The molecule has 0 heterocycles. The molecule has 6 heteroatoms. The Bertz CT molecular complexity index is 533. The van der Waals surface area contributed by atoms with E-state index in [9.17, 15) is 15.0 Å². The predicted octanol–water partition coefficient (Wildman–Crippen LogP) is 9.34. The van der Waals surface area contributed by atoms with Gasteiger partial charge in [0.2, 0.25) is 0 Å². The number of aliphatic hydroxyl groups is 2. The fraction of sp³-hybridized carbons (Fsp3) is 0.972. The molecular weight excluding hydrogens is 526 g/mol. The Labute approximate surface area is 261 Å². The van der Waals surface area contributed by atoms with Crippen molar-refractivity contribution in [3.05, 3.63) is 0 Å². The van der Waals surface area contributed by atoms with Gasteiger partial charge in [-0.2, -0.15) is 0 Å². The minimum absolute atomic E-state index is 0.0292. The minimum Gasteiger partial charge on any atom is -0.466 e. The normalized spacial score (nSPS) is 12.3. The standard InChI is InChI=1S/C36H73NO5/c1-3-5-7-9-11-19-25-33-41-35(39)27-21-15-13-17-23-29-37(31-32-38)30-24-18-14-16-22-28-36(40)42-34-26-20-12-10-8-6-4-2/h35,38-39H,3-34H2,1-2H3. The minimum atomic E-state index is -0.598. The second-order valence-corrected chi connectivity index (χ2v) is 12.4. The largest absolute Gasteiger partial charge is 0.466 e. The molecule has 2 N–H and O–H groups in total. The molecule has 0 rings (SSSR count). The Morgan fingerprint density at radius 3 is 1.57 bits per heavy atom. The molecule has 0 fully saturated rings. The van der Waals surface area contributed by atoms with Crippen molar-refractivity contribution >= 4 is 5.97 Å². The van der Waals surface area contributed by atoms with E-state index in [2.05, 4.69) is 18.7 Å². The summed E-state index contributed by atoms with van der Waals surface area (Å²) in [7, 11) is 0. The average Bonchev–Trinajstić information content (AvgIpc) is 2.98. The molecule has 0 aromatic carbocycles. The smallest absolute Gasteiger partial charge is 0.305 e. The third-order valence-corrected chi connectivity index (χ3v) is 8.27. The molecule has 1 unspecified atom stereocenters. The van der Waals surface area contributed by atoms with Crippen LogP contribution < -0.4 is 0 Å². The first-order valence-electron chi connectivity index (χ1n) is 18.4. The number of hydrogen-bond acceptors (Lipinski definition) is 6. The van der Waals surface area contributed by atoms with Crippen LogP contribution in [0.3, 0.4) is 0 Å². The number of esters is 1. The number of unbranched alkanes of at least 4 members (excludes halogenated alkanes) is 20. The van der Waals surface area contributed by atoms with Crippen LogP contribution in [0.1, 0.15) is 181 Å². The van der Waals surface area contributed by atoms with Crippen LogP contribution in [-0.2, 0) is 14.3 Å². The molecule has 0 bridgehead atoms. The number of ether oxygens (including phenoxy) is 2. The summed E-state index contributed by atoms with van der Waals surface area (Å²) in [6.45, 7) is 8.83. The molecule has 0 radical (unpaired) electrons. The zero-order chi connectivity index (χ0) is 30.8. The van der Waals surface area contributed by atoms with Crippen molar-refractivity contribution < 1.29 is 24.5 Å². The van der Waals surface area contributed by atoms with E-state index in [0.717, 1.165) is 83.8 Å². The van der Waals surface area contributed by atoms with Gasteiger partial charge in [0.25, 0.3) is 0 Å². The van der Waals surface area contributed by atoms with Crippen molar-refractivity contribution in [3.63, 3.8) is 0 Å². The van der Waals surface area contributed by atoms with Gasteiger partial charge < -0.3 is 24.6 Å². The fourth-order valence-corrected chi connectivity index (χ4v) is 5.48. The van der Waals surface area contributed by atoms with E-state index in [4.69, 9.17) is 9.47 Å². The van der Waals surface area contributed by atoms with Gasteiger partial charge in [0, 0.05) is 19.6 Å². The van der Waals surface area contributed by atoms with Crippen molar-refractivity contribution in [1.29, 1.82) is 0 Å². The molecule has 1 atom stereocenters. The highest BCUT2D eigenvalue weighted by molar-refractivity contribution is 5.69.